The number of aromatic hydroxyl groups is 1. The molecule has 0 radical (unpaired) electrons. The smallest absolute Gasteiger partial charge is 0.117 e. The topological polar surface area (TPSA) is 67.5 Å². The maximum absolute atomic E-state index is 9.42. The number of ether oxygens (including phenoxy) is 1. The molecule has 0 saturated carbocycles. The number of likely N-dealkylation sites (N-methyl/N-ethyl adjacent to an activating group) is 1. The van der Waals surface area contributed by atoms with Crippen LogP contribution in [0.5, 0.6) is 5.75 Å². The third-order valence-corrected chi connectivity index (χ3v) is 4.27. The minimum atomic E-state index is 0.218. The second-order valence-electron chi connectivity index (χ2n) is 6.16. The summed E-state index contributed by atoms with van der Waals surface area (Å²) in [6.45, 7) is 5.79. The molecule has 2 rings (SSSR count). The van der Waals surface area contributed by atoms with E-state index in [9.17, 15) is 5.11 Å². The number of hydrogen-bond acceptors (Lipinski definition) is 4. The molecule has 0 amide bonds. The summed E-state index contributed by atoms with van der Waals surface area (Å²) < 4.78 is 6.86. The van der Waals surface area contributed by atoms with E-state index < -0.39 is 0 Å². The second-order valence-corrected chi connectivity index (χ2v) is 6.16. The summed E-state index contributed by atoms with van der Waals surface area (Å²) in [5.74, 6) is 0.218. The molecule has 5 heteroatoms. The molecule has 0 spiro atoms. The number of benzene rings is 1. The average molecular weight is 294 g/mol. The molecule has 1 aromatic rings. The van der Waals surface area contributed by atoms with Gasteiger partial charge in [-0.3, -0.25) is 0 Å². The Morgan fingerprint density at radius 3 is 2.76 bits per heavy atom. The van der Waals surface area contributed by atoms with Gasteiger partial charge in [-0.05, 0) is 31.4 Å². The normalized spacial score (nSPS) is 17.6. The zero-order valence-corrected chi connectivity index (χ0v) is 13.0. The Morgan fingerprint density at radius 2 is 2.00 bits per heavy atom. The lowest BCUT2D eigenvalue weighted by atomic mass is 10.1. The molecule has 21 heavy (non-hydrogen) atoms. The number of nitrogens with zero attached hydrogens (tertiary/aromatic N) is 1. The molecule has 5 nitrogen and oxygen atoms in total. The molecule has 0 atom stereocenters. The van der Waals surface area contributed by atoms with Crippen LogP contribution in [-0.2, 0) is 4.74 Å². The van der Waals surface area contributed by atoms with Crippen molar-refractivity contribution in [2.45, 2.75) is 19.3 Å². The second kappa shape index (κ2) is 7.52. The fourth-order valence-corrected chi connectivity index (χ4v) is 2.84. The van der Waals surface area contributed by atoms with Gasteiger partial charge in [0.05, 0.1) is 44.7 Å². The van der Waals surface area contributed by atoms with Crippen LogP contribution < -0.4 is 11.1 Å². The van der Waals surface area contributed by atoms with E-state index in [1.807, 2.05) is 0 Å². The number of hydrogen-bond donors (Lipinski definition) is 3. The summed E-state index contributed by atoms with van der Waals surface area (Å²) >= 11 is 0. The average Bonchev–Trinajstić information content (AvgIpc) is 2.47. The highest BCUT2D eigenvalue weighted by atomic mass is 16.5. The van der Waals surface area contributed by atoms with Gasteiger partial charge in [0.1, 0.15) is 12.3 Å². The van der Waals surface area contributed by atoms with E-state index in [1.165, 1.54) is 32.4 Å². The molecule has 0 bridgehead atoms. The highest BCUT2D eigenvalue weighted by Crippen LogP contribution is 2.23. The van der Waals surface area contributed by atoms with Crippen molar-refractivity contribution in [2.75, 3.05) is 57.5 Å². The Morgan fingerprint density at radius 1 is 1.24 bits per heavy atom. The minimum absolute atomic E-state index is 0.218. The van der Waals surface area contributed by atoms with Gasteiger partial charge in [0, 0.05) is 12.6 Å². The van der Waals surface area contributed by atoms with Crippen LogP contribution in [0.4, 0.5) is 11.4 Å². The van der Waals surface area contributed by atoms with Crippen molar-refractivity contribution in [3.8, 4) is 5.75 Å². The van der Waals surface area contributed by atoms with Gasteiger partial charge in [-0.25, -0.2) is 0 Å². The predicted molar refractivity (Wildman–Crippen MR) is 86.5 cm³/mol. The molecule has 1 fully saturated rings. The molecule has 1 aromatic carbocycles. The lowest BCUT2D eigenvalue weighted by Gasteiger charge is -2.37. The van der Waals surface area contributed by atoms with E-state index in [-0.39, 0.29) is 5.75 Å². The van der Waals surface area contributed by atoms with Crippen molar-refractivity contribution in [3.05, 3.63) is 18.2 Å². The number of quaternary nitrogens is 1. The van der Waals surface area contributed by atoms with Gasteiger partial charge in [-0.15, -0.1) is 0 Å². The van der Waals surface area contributed by atoms with Crippen molar-refractivity contribution in [3.63, 3.8) is 0 Å². The molecule has 1 heterocycles. The number of likely N-dealkylation sites (tertiary alicyclic amines) is 1. The van der Waals surface area contributed by atoms with Crippen LogP contribution in [0.1, 0.15) is 19.3 Å². The van der Waals surface area contributed by atoms with Gasteiger partial charge in [0.15, 0.2) is 0 Å². The molecule has 118 valence electrons. The quantitative estimate of drug-likeness (QED) is 0.311. The highest BCUT2D eigenvalue weighted by molar-refractivity contribution is 5.67. The lowest BCUT2D eigenvalue weighted by molar-refractivity contribution is -0.914. The number of rotatable bonds is 7. The number of anilines is 2. The molecule has 1 aliphatic heterocycles. The Kier molecular flexibility index (Phi) is 5.70. The van der Waals surface area contributed by atoms with Crippen LogP contribution in [0.3, 0.4) is 0 Å². The van der Waals surface area contributed by atoms with Gasteiger partial charge < -0.3 is 25.4 Å². The predicted octanol–water partition coefficient (Wildman–Crippen LogP) is 2.03. The first kappa shape index (κ1) is 15.9. The Balaban J connectivity index is 1.60. The van der Waals surface area contributed by atoms with Crippen LogP contribution in [0.25, 0.3) is 0 Å². The fourth-order valence-electron chi connectivity index (χ4n) is 2.84. The number of nitrogens with two attached hydrogens (primary N) is 1. The monoisotopic (exact) mass is 294 g/mol. The summed E-state index contributed by atoms with van der Waals surface area (Å²) in [5, 5.41) is 12.6. The Labute approximate surface area is 127 Å². The summed E-state index contributed by atoms with van der Waals surface area (Å²) in [6, 6.07) is 4.91. The van der Waals surface area contributed by atoms with Crippen molar-refractivity contribution < 1.29 is 14.3 Å². The van der Waals surface area contributed by atoms with Crippen LogP contribution in [-0.4, -0.2) is 56.0 Å². The maximum atomic E-state index is 9.42. The van der Waals surface area contributed by atoms with Gasteiger partial charge >= 0.3 is 0 Å². The summed E-state index contributed by atoms with van der Waals surface area (Å²) in [5.41, 5.74) is 7.22. The first-order valence-electron chi connectivity index (χ1n) is 7.83. The van der Waals surface area contributed by atoms with Crippen molar-refractivity contribution in [2.24, 2.45) is 0 Å². The molecule has 1 saturated heterocycles. The largest absolute Gasteiger partial charge is 0.508 e. The van der Waals surface area contributed by atoms with Gasteiger partial charge in [0.25, 0.3) is 0 Å². The highest BCUT2D eigenvalue weighted by Gasteiger charge is 2.23. The number of piperidine rings is 1. The van der Waals surface area contributed by atoms with Crippen LogP contribution in [0.15, 0.2) is 18.2 Å². The summed E-state index contributed by atoms with van der Waals surface area (Å²) in [6.07, 6.45) is 4.06. The third kappa shape index (κ3) is 5.10. The molecule has 0 unspecified atom stereocenters. The van der Waals surface area contributed by atoms with Crippen LogP contribution in [0.2, 0.25) is 0 Å². The molecule has 0 aromatic heterocycles. The van der Waals surface area contributed by atoms with Gasteiger partial charge in [0.2, 0.25) is 0 Å². The summed E-state index contributed by atoms with van der Waals surface area (Å²) in [4.78, 5) is 0. The minimum Gasteiger partial charge on any atom is -0.508 e. The van der Waals surface area contributed by atoms with Gasteiger partial charge in [-0.2, -0.15) is 0 Å². The molecule has 0 aliphatic carbocycles. The van der Waals surface area contributed by atoms with E-state index in [0.717, 1.165) is 23.3 Å². The number of phenolic OH excluding ortho intramolecular Hbond substituents is 1. The van der Waals surface area contributed by atoms with E-state index >= 15 is 0 Å². The first-order chi connectivity index (χ1) is 10.1. The Hall–Kier alpha value is -1.46. The zero-order valence-electron chi connectivity index (χ0n) is 13.0. The van der Waals surface area contributed by atoms with E-state index in [4.69, 9.17) is 10.5 Å². The SMILES string of the molecule is C[N+]1(CCOCCNc2cc(O)ccc2N)CCCCC1. The van der Waals surface area contributed by atoms with E-state index in [2.05, 4.69) is 12.4 Å². The molecular formula is C16H28N3O2+. The van der Waals surface area contributed by atoms with Gasteiger partial charge in [-0.1, -0.05) is 0 Å². The van der Waals surface area contributed by atoms with Crippen molar-refractivity contribution in [1.82, 2.24) is 0 Å². The number of nitrogen functional groups attached to an aromatic ring is 1. The van der Waals surface area contributed by atoms with Crippen LogP contribution in [0, 0.1) is 0 Å². The first-order valence-corrected chi connectivity index (χ1v) is 7.83. The fraction of sp³-hybridized carbons (Fsp3) is 0.625. The maximum Gasteiger partial charge on any atom is 0.117 e. The molecule has 4 N–H and O–H groups in total. The van der Waals surface area contributed by atoms with Crippen molar-refractivity contribution >= 4 is 11.4 Å². The third-order valence-electron chi connectivity index (χ3n) is 4.27. The Bertz CT molecular complexity index is 445. The number of nitrogens with one attached hydrogen (secondary N) is 1. The number of phenols is 1. The zero-order chi connectivity index (χ0) is 15.1. The van der Waals surface area contributed by atoms with E-state index in [1.54, 1.807) is 18.2 Å². The van der Waals surface area contributed by atoms with Crippen molar-refractivity contribution in [1.29, 1.82) is 0 Å². The van der Waals surface area contributed by atoms with E-state index in [0.29, 0.717) is 18.8 Å². The standard InChI is InChI=1S/C16H27N3O2/c1-19(8-3-2-4-9-19)10-12-21-11-7-18-16-13-14(20)5-6-15(16)17/h5-6,13,18H,2-4,7-12,17H2,1H3/p+1. The molecular weight excluding hydrogens is 266 g/mol. The summed E-state index contributed by atoms with van der Waals surface area (Å²) in [7, 11) is 2.33. The van der Waals surface area contributed by atoms with Crippen LogP contribution >= 0.6 is 0 Å². The lowest BCUT2D eigenvalue weighted by Crippen LogP contribution is -2.49. The molecule has 1 aliphatic rings.